The van der Waals surface area contributed by atoms with Crippen LogP contribution in [0.2, 0.25) is 0 Å². The lowest BCUT2D eigenvalue weighted by atomic mass is 10.1. The Labute approximate surface area is 57.5 Å². The Morgan fingerprint density at radius 2 is 2.33 bits per heavy atom. The normalized spacial score (nSPS) is 39.0. The van der Waals surface area contributed by atoms with Crippen LogP contribution in [0.1, 0.15) is 6.42 Å². The zero-order chi connectivity index (χ0) is 6.85. The molecule has 0 aromatic heterocycles. The topological polar surface area (TPSA) is 49.5 Å². The maximum Gasteiger partial charge on any atom is 0.0716 e. The van der Waals surface area contributed by atoms with Crippen LogP contribution in [0.4, 0.5) is 0 Å². The van der Waals surface area contributed by atoms with E-state index in [0.717, 1.165) is 19.5 Å². The van der Waals surface area contributed by atoms with Crippen LogP contribution < -0.4 is 5.73 Å². The Kier molecular flexibility index (Phi) is 2.42. The molecular weight excluding hydrogens is 135 g/mol. The molecule has 1 saturated heterocycles. The van der Waals surface area contributed by atoms with Crippen molar-refractivity contribution in [3.8, 4) is 0 Å². The molecule has 0 aliphatic carbocycles. The molecule has 4 heteroatoms. The number of piperidine rings is 1. The minimum absolute atomic E-state index is 0.0590. The number of rotatable bonds is 0. The minimum Gasteiger partial charge on any atom is -0.391 e. The summed E-state index contributed by atoms with van der Waals surface area (Å²) in [6, 6.07) is -0.0590. The van der Waals surface area contributed by atoms with Gasteiger partial charge in [0, 0.05) is 19.1 Å². The number of hydrogen-bond donors (Lipinski definition) is 2. The van der Waals surface area contributed by atoms with E-state index in [0.29, 0.717) is 0 Å². The third-order valence-corrected chi connectivity index (χ3v) is 2.12. The van der Waals surface area contributed by atoms with Crippen molar-refractivity contribution in [2.24, 2.45) is 5.73 Å². The van der Waals surface area contributed by atoms with Crippen molar-refractivity contribution in [2.45, 2.75) is 18.6 Å². The van der Waals surface area contributed by atoms with Crippen LogP contribution >= 0.6 is 9.39 Å². The molecule has 0 aromatic rings. The van der Waals surface area contributed by atoms with Crippen LogP contribution in [0.15, 0.2) is 0 Å². The van der Waals surface area contributed by atoms with Crippen LogP contribution in [0.5, 0.6) is 0 Å². The fourth-order valence-corrected chi connectivity index (χ4v) is 1.39. The Morgan fingerprint density at radius 1 is 1.67 bits per heavy atom. The monoisotopic (exact) mass is 148 g/mol. The fourth-order valence-electron chi connectivity index (χ4n) is 0.996. The van der Waals surface area contributed by atoms with Crippen molar-refractivity contribution in [1.82, 2.24) is 4.67 Å². The standard InChI is InChI=1S/C5H13N2OP/c6-4-3-7(9)2-1-5(4)8/h4-5,8H,1-3,6,9H2/t4-,5-/m0/s1. The van der Waals surface area contributed by atoms with Gasteiger partial charge >= 0.3 is 0 Å². The summed E-state index contributed by atoms with van der Waals surface area (Å²) in [5.41, 5.74) is 5.56. The van der Waals surface area contributed by atoms with E-state index in [4.69, 9.17) is 10.8 Å². The van der Waals surface area contributed by atoms with Crippen LogP contribution in [0, 0.1) is 0 Å². The van der Waals surface area contributed by atoms with Crippen LogP contribution in [-0.4, -0.2) is 35.0 Å². The molecule has 1 fully saturated rings. The number of nitrogens with zero attached hydrogens (tertiary/aromatic N) is 1. The first kappa shape index (κ1) is 7.42. The second-order valence-electron chi connectivity index (χ2n) is 2.51. The molecule has 3 N–H and O–H groups in total. The van der Waals surface area contributed by atoms with Gasteiger partial charge in [-0.05, 0) is 6.42 Å². The maximum absolute atomic E-state index is 9.13. The molecule has 54 valence electrons. The van der Waals surface area contributed by atoms with Gasteiger partial charge in [-0.3, -0.25) is 4.67 Å². The lowest BCUT2D eigenvalue weighted by Crippen LogP contribution is -2.47. The van der Waals surface area contributed by atoms with E-state index in [-0.39, 0.29) is 12.1 Å². The first-order valence-electron chi connectivity index (χ1n) is 3.13. The van der Waals surface area contributed by atoms with E-state index in [1.807, 2.05) is 0 Å². The highest BCUT2D eigenvalue weighted by atomic mass is 31.0. The summed E-state index contributed by atoms with van der Waals surface area (Å²) in [6.45, 7) is 1.71. The van der Waals surface area contributed by atoms with Crippen molar-refractivity contribution in [1.29, 1.82) is 0 Å². The van der Waals surface area contributed by atoms with Crippen LogP contribution in [0.3, 0.4) is 0 Å². The average molecular weight is 148 g/mol. The lowest BCUT2D eigenvalue weighted by Gasteiger charge is -2.30. The molecule has 0 radical (unpaired) electrons. The second kappa shape index (κ2) is 2.93. The van der Waals surface area contributed by atoms with E-state index in [1.165, 1.54) is 0 Å². The third-order valence-electron chi connectivity index (χ3n) is 1.65. The van der Waals surface area contributed by atoms with Crippen LogP contribution in [-0.2, 0) is 0 Å². The summed E-state index contributed by atoms with van der Waals surface area (Å²) >= 11 is 0. The average Bonchev–Trinajstić information content (AvgIpc) is 1.80. The first-order chi connectivity index (χ1) is 4.20. The second-order valence-corrected chi connectivity index (χ2v) is 3.25. The fraction of sp³-hybridized carbons (Fsp3) is 1.00. The van der Waals surface area contributed by atoms with Crippen molar-refractivity contribution in [2.75, 3.05) is 13.1 Å². The Hall–Kier alpha value is 0.310. The van der Waals surface area contributed by atoms with E-state index in [9.17, 15) is 0 Å². The molecule has 0 aromatic carbocycles. The van der Waals surface area contributed by atoms with Gasteiger partial charge in [-0.15, -0.1) is 0 Å². The van der Waals surface area contributed by atoms with Crippen molar-refractivity contribution in [3.63, 3.8) is 0 Å². The van der Waals surface area contributed by atoms with Crippen molar-refractivity contribution >= 4 is 9.39 Å². The molecule has 1 heterocycles. The van der Waals surface area contributed by atoms with Gasteiger partial charge < -0.3 is 10.8 Å². The van der Waals surface area contributed by atoms with Gasteiger partial charge in [0.15, 0.2) is 0 Å². The van der Waals surface area contributed by atoms with Gasteiger partial charge in [0.2, 0.25) is 0 Å². The van der Waals surface area contributed by atoms with Gasteiger partial charge in [-0.25, -0.2) is 0 Å². The molecule has 0 spiro atoms. The predicted octanol–water partition coefficient (Wildman–Crippen LogP) is -0.830. The largest absolute Gasteiger partial charge is 0.391 e. The predicted molar refractivity (Wildman–Crippen MR) is 39.9 cm³/mol. The molecular formula is C5H13N2OP. The number of aliphatic hydroxyl groups is 1. The highest BCUT2D eigenvalue weighted by Crippen LogP contribution is 2.11. The number of aliphatic hydroxyl groups excluding tert-OH is 1. The zero-order valence-corrected chi connectivity index (χ0v) is 6.48. The van der Waals surface area contributed by atoms with E-state index in [1.54, 1.807) is 0 Å². The molecule has 1 aliphatic rings. The van der Waals surface area contributed by atoms with Gasteiger partial charge in [0.1, 0.15) is 0 Å². The highest BCUT2D eigenvalue weighted by Gasteiger charge is 2.21. The lowest BCUT2D eigenvalue weighted by molar-refractivity contribution is 0.0943. The molecule has 9 heavy (non-hydrogen) atoms. The molecule has 3 nitrogen and oxygen atoms in total. The summed E-state index contributed by atoms with van der Waals surface area (Å²) in [5, 5.41) is 9.13. The molecule has 1 rings (SSSR count). The summed E-state index contributed by atoms with van der Waals surface area (Å²) < 4.78 is 2.05. The molecule has 1 aliphatic heterocycles. The smallest absolute Gasteiger partial charge is 0.0716 e. The molecule has 0 amide bonds. The summed E-state index contributed by atoms with van der Waals surface area (Å²) in [4.78, 5) is 0. The van der Waals surface area contributed by atoms with E-state index in [2.05, 4.69) is 14.1 Å². The van der Waals surface area contributed by atoms with Gasteiger partial charge in [0.25, 0.3) is 0 Å². The summed E-state index contributed by atoms with van der Waals surface area (Å²) in [7, 11) is 2.59. The first-order valence-corrected chi connectivity index (χ1v) is 3.65. The van der Waals surface area contributed by atoms with Crippen molar-refractivity contribution in [3.05, 3.63) is 0 Å². The quantitative estimate of drug-likeness (QED) is 0.441. The van der Waals surface area contributed by atoms with Crippen molar-refractivity contribution < 1.29 is 5.11 Å². The SMILES string of the molecule is N[C@H]1CN(P)CC[C@@H]1O. The third kappa shape index (κ3) is 1.87. The van der Waals surface area contributed by atoms with E-state index < -0.39 is 0 Å². The van der Waals surface area contributed by atoms with E-state index >= 15 is 0 Å². The number of hydrogen-bond acceptors (Lipinski definition) is 3. The molecule has 0 bridgehead atoms. The molecule has 0 saturated carbocycles. The van der Waals surface area contributed by atoms with Gasteiger partial charge in [0.05, 0.1) is 6.10 Å². The van der Waals surface area contributed by atoms with Crippen LogP contribution in [0.25, 0.3) is 0 Å². The Bertz CT molecular complexity index is 101. The summed E-state index contributed by atoms with van der Waals surface area (Å²) in [5.74, 6) is 0. The highest BCUT2D eigenvalue weighted by molar-refractivity contribution is 7.13. The Balaban J connectivity index is 2.35. The van der Waals surface area contributed by atoms with Gasteiger partial charge in [-0.1, -0.05) is 9.39 Å². The van der Waals surface area contributed by atoms with Gasteiger partial charge in [-0.2, -0.15) is 0 Å². The summed E-state index contributed by atoms with van der Waals surface area (Å²) in [6.07, 6.45) is 0.506. The zero-order valence-electron chi connectivity index (χ0n) is 5.33. The number of nitrogens with two attached hydrogens (primary N) is 1. The minimum atomic E-state index is -0.290. The Morgan fingerprint density at radius 3 is 2.78 bits per heavy atom. The molecule has 1 unspecified atom stereocenters. The maximum atomic E-state index is 9.13. The molecule has 3 atom stereocenters.